The van der Waals surface area contributed by atoms with Crippen LogP contribution in [-0.2, 0) is 33.3 Å². The number of hydrogen-bond donors (Lipinski definition) is 2. The molecular weight excluding hydrogens is 640 g/mol. The van der Waals surface area contributed by atoms with Crippen LogP contribution in [0.5, 0.6) is 23.0 Å². The van der Waals surface area contributed by atoms with Crippen LogP contribution in [0, 0.1) is 11.8 Å². The van der Waals surface area contributed by atoms with Gasteiger partial charge >= 0.3 is 11.9 Å². The highest BCUT2D eigenvalue weighted by Gasteiger charge is 2.67. The maximum atomic E-state index is 15.4. The number of ether oxygens (including phenoxy) is 4. The fourth-order valence-corrected chi connectivity index (χ4v) is 11.6. The van der Waals surface area contributed by atoms with Gasteiger partial charge in [-0.1, -0.05) is 24.3 Å². The first-order valence-corrected chi connectivity index (χ1v) is 17.7. The maximum Gasteiger partial charge on any atom is 0.308 e. The molecule has 50 heavy (non-hydrogen) atoms. The van der Waals surface area contributed by atoms with Crippen LogP contribution in [0.1, 0.15) is 64.9 Å². The molecule has 260 valence electrons. The molecule has 10 atom stereocenters. The summed E-state index contributed by atoms with van der Waals surface area (Å²) < 4.78 is 24.8. The number of nitrogens with zero attached hydrogens (tertiary/aromatic N) is 2. The molecule has 4 heterocycles. The van der Waals surface area contributed by atoms with E-state index in [2.05, 4.69) is 36.0 Å². The van der Waals surface area contributed by atoms with Crippen molar-refractivity contribution in [1.82, 2.24) is 9.80 Å². The zero-order chi connectivity index (χ0) is 34.6. The molecule has 4 bridgehead atoms. The third-order valence-corrected chi connectivity index (χ3v) is 13.5. The first-order valence-electron chi connectivity index (χ1n) is 17.7. The summed E-state index contributed by atoms with van der Waals surface area (Å²) in [6.07, 6.45) is 7.52. The van der Waals surface area contributed by atoms with Gasteiger partial charge in [0.05, 0.1) is 0 Å². The molecule has 0 amide bonds. The van der Waals surface area contributed by atoms with Crippen LogP contribution < -0.4 is 18.9 Å². The van der Waals surface area contributed by atoms with Gasteiger partial charge in [-0.2, -0.15) is 0 Å². The van der Waals surface area contributed by atoms with Gasteiger partial charge in [0.25, 0.3) is 0 Å². The van der Waals surface area contributed by atoms with Crippen molar-refractivity contribution < 1.29 is 43.5 Å². The molecule has 0 saturated carbocycles. The highest BCUT2D eigenvalue weighted by atomic mass is 16.6. The second-order valence-electron chi connectivity index (χ2n) is 15.7. The molecule has 0 radical (unpaired) electrons. The Kier molecular flexibility index (Phi) is 6.19. The number of piperidine rings is 2. The van der Waals surface area contributed by atoms with Crippen molar-refractivity contribution >= 4 is 17.7 Å². The quantitative estimate of drug-likeness (QED) is 0.213. The van der Waals surface area contributed by atoms with Crippen LogP contribution in [0.2, 0.25) is 0 Å². The molecule has 2 spiro atoms. The second-order valence-corrected chi connectivity index (χ2v) is 15.7. The van der Waals surface area contributed by atoms with Crippen LogP contribution in [0.3, 0.4) is 0 Å². The summed E-state index contributed by atoms with van der Waals surface area (Å²) in [5, 5.41) is 22.6. The molecule has 8 aliphatic rings. The maximum absolute atomic E-state index is 15.4. The van der Waals surface area contributed by atoms with Gasteiger partial charge in [-0.3, -0.25) is 14.4 Å². The molecule has 2 N–H and O–H groups in total. The number of rotatable bonds is 4. The number of benzene rings is 2. The smallest absolute Gasteiger partial charge is 0.308 e. The van der Waals surface area contributed by atoms with E-state index in [4.69, 9.17) is 18.9 Å². The number of carbonyl (C=O) groups excluding carboxylic acids is 3. The van der Waals surface area contributed by atoms with Gasteiger partial charge in [-0.05, 0) is 76.1 Å². The number of hydrogen-bond acceptors (Lipinski definition) is 11. The minimum atomic E-state index is -0.859. The normalized spacial score (nSPS) is 37.7. The molecule has 11 heteroatoms. The van der Waals surface area contributed by atoms with Crippen molar-refractivity contribution in [1.29, 1.82) is 0 Å². The average Bonchev–Trinajstić information content (AvgIpc) is 3.61. The fraction of sp³-hybridized carbons (Fsp3) is 0.513. The number of aliphatic hydroxyl groups is 2. The summed E-state index contributed by atoms with van der Waals surface area (Å²) in [7, 11) is 4.21. The molecule has 10 rings (SSSR count). The summed E-state index contributed by atoms with van der Waals surface area (Å²) in [5.41, 5.74) is 3.04. The molecular formula is C39H40N2O9. The van der Waals surface area contributed by atoms with Crippen LogP contribution in [0.25, 0.3) is 0 Å². The lowest BCUT2D eigenvalue weighted by Gasteiger charge is -2.57. The van der Waals surface area contributed by atoms with Crippen molar-refractivity contribution in [3.8, 4) is 23.0 Å². The SMILES string of the molecule is CC(=O)Oc1cc(C(=O)c2cc(OC(C)=O)c3c4c2C[C@@H]2[C@@H]5C=C[C@H](O)[C@H](O3)[C@]45CCN2C)c2c3c1O[C@H]1[C@@H](O)C=C[C@H]4[C@@H](C2)N(C)CC[C@@]341. The van der Waals surface area contributed by atoms with Gasteiger partial charge in [0.15, 0.2) is 28.8 Å². The highest BCUT2D eigenvalue weighted by molar-refractivity contribution is 6.12. The fourth-order valence-electron chi connectivity index (χ4n) is 11.6. The monoisotopic (exact) mass is 680 g/mol. The van der Waals surface area contributed by atoms with Crippen LogP contribution in [-0.4, -0.2) is 101 Å². The van der Waals surface area contributed by atoms with Crippen molar-refractivity contribution in [2.45, 2.75) is 86.9 Å². The second kappa shape index (κ2) is 10.1. The first-order chi connectivity index (χ1) is 24.0. The van der Waals surface area contributed by atoms with Crippen LogP contribution in [0.4, 0.5) is 0 Å². The number of aliphatic hydroxyl groups excluding tert-OH is 2. The summed E-state index contributed by atoms with van der Waals surface area (Å²) in [4.78, 5) is 45.2. The zero-order valence-electron chi connectivity index (χ0n) is 28.5. The third-order valence-electron chi connectivity index (χ3n) is 13.5. The van der Waals surface area contributed by atoms with E-state index < -0.39 is 47.2 Å². The molecule has 0 aromatic heterocycles. The van der Waals surface area contributed by atoms with E-state index in [0.29, 0.717) is 48.3 Å². The molecule has 4 aliphatic carbocycles. The number of likely N-dealkylation sites (tertiary alicyclic amines) is 2. The Balaban J connectivity index is 1.23. The Morgan fingerprint density at radius 3 is 1.54 bits per heavy atom. The molecule has 2 aromatic carbocycles. The summed E-state index contributed by atoms with van der Waals surface area (Å²) in [6.45, 7) is 4.23. The predicted octanol–water partition coefficient (Wildman–Crippen LogP) is 2.38. The number of esters is 2. The van der Waals surface area contributed by atoms with Gasteiger partial charge < -0.3 is 39.0 Å². The van der Waals surface area contributed by atoms with E-state index in [1.54, 1.807) is 12.1 Å². The minimum absolute atomic E-state index is 0.0430. The Labute approximate surface area is 289 Å². The van der Waals surface area contributed by atoms with Gasteiger partial charge in [-0.25, -0.2) is 0 Å². The van der Waals surface area contributed by atoms with Gasteiger partial charge in [0, 0.05) is 70.9 Å². The Morgan fingerprint density at radius 2 is 1.14 bits per heavy atom. The summed E-state index contributed by atoms with van der Waals surface area (Å²) >= 11 is 0. The number of likely N-dealkylation sites (N-methyl/N-ethyl adjacent to an activating group) is 2. The van der Waals surface area contributed by atoms with Crippen LogP contribution in [0.15, 0.2) is 36.4 Å². The average molecular weight is 681 g/mol. The van der Waals surface area contributed by atoms with Crippen molar-refractivity contribution in [3.63, 3.8) is 0 Å². The third kappa shape index (κ3) is 3.61. The van der Waals surface area contributed by atoms with E-state index in [-0.39, 0.29) is 41.2 Å². The van der Waals surface area contributed by atoms with Crippen molar-refractivity contribution in [3.05, 3.63) is 69.8 Å². The molecule has 11 nitrogen and oxygen atoms in total. The molecule has 0 unspecified atom stereocenters. The zero-order valence-corrected chi connectivity index (χ0v) is 28.5. The van der Waals surface area contributed by atoms with Crippen LogP contribution >= 0.6 is 0 Å². The van der Waals surface area contributed by atoms with E-state index >= 15 is 4.79 Å². The Morgan fingerprint density at radius 1 is 0.720 bits per heavy atom. The van der Waals surface area contributed by atoms with Gasteiger partial charge in [0.2, 0.25) is 0 Å². The van der Waals surface area contributed by atoms with Crippen molar-refractivity contribution in [2.24, 2.45) is 11.8 Å². The van der Waals surface area contributed by atoms with Gasteiger partial charge in [-0.15, -0.1) is 0 Å². The molecule has 2 saturated heterocycles. The molecule has 2 fully saturated rings. The Bertz CT molecular complexity index is 1870. The topological polar surface area (TPSA) is 135 Å². The van der Waals surface area contributed by atoms with E-state index in [1.165, 1.54) is 13.8 Å². The lowest BCUT2D eigenvalue weighted by Crippen LogP contribution is -2.65. The minimum Gasteiger partial charge on any atom is -0.482 e. The van der Waals surface area contributed by atoms with E-state index in [0.717, 1.165) is 35.3 Å². The largest absolute Gasteiger partial charge is 0.482 e. The van der Waals surface area contributed by atoms with E-state index in [1.807, 2.05) is 12.2 Å². The lowest BCUT2D eigenvalue weighted by molar-refractivity contribution is -0.133. The molecule has 4 aliphatic heterocycles. The van der Waals surface area contributed by atoms with Crippen molar-refractivity contribution in [2.75, 3.05) is 27.2 Å². The predicted molar refractivity (Wildman–Crippen MR) is 178 cm³/mol. The van der Waals surface area contributed by atoms with E-state index in [9.17, 15) is 19.8 Å². The highest BCUT2D eigenvalue weighted by Crippen LogP contribution is 2.65. The lowest BCUT2D eigenvalue weighted by atomic mass is 9.52. The summed E-state index contributed by atoms with van der Waals surface area (Å²) in [6, 6.07) is 3.40. The summed E-state index contributed by atoms with van der Waals surface area (Å²) in [5.74, 6) is -0.0634. The molecule has 2 aromatic rings. The Hall–Kier alpha value is -4.03. The number of ketones is 1. The standard InChI is InChI=1S/C39H40N2O9/c1-17(42)47-29-15-21(19-13-25-23-5-7-27(44)36-38(23,9-11-40(25)3)31(19)34(29)49-36)33(46)22-16-30(48-18(2)43)35-32-20(22)14-26-24-6-8-28(45)37(50-35)39(24,32)10-12-41(26)4/h5-8,15-16,23-28,36-37,44-45H,9-14H2,1-4H3/t23-,24-,25+,26+,27-,28-,36-,37-,38-,39-/m0/s1. The first kappa shape index (κ1) is 30.8. The van der Waals surface area contributed by atoms with Gasteiger partial charge in [0.1, 0.15) is 24.4 Å². The number of carbonyl (C=O) groups is 3.